The van der Waals surface area contributed by atoms with Gasteiger partial charge in [-0.2, -0.15) is 0 Å². The molecule has 1 fully saturated rings. The fourth-order valence-electron chi connectivity index (χ4n) is 1.54. The van der Waals surface area contributed by atoms with E-state index in [9.17, 15) is 9.59 Å². The van der Waals surface area contributed by atoms with E-state index in [0.29, 0.717) is 6.54 Å². The van der Waals surface area contributed by atoms with E-state index in [-0.39, 0.29) is 18.1 Å². The van der Waals surface area contributed by atoms with Gasteiger partial charge in [0.15, 0.2) is 0 Å². The topological polar surface area (TPSA) is 84.9 Å². The van der Waals surface area contributed by atoms with Crippen LogP contribution in [0.4, 0.5) is 0 Å². The highest BCUT2D eigenvalue weighted by atomic mass is 16.5. The van der Waals surface area contributed by atoms with Crippen molar-refractivity contribution in [1.29, 1.82) is 0 Å². The predicted molar refractivity (Wildman–Crippen MR) is 55.1 cm³/mol. The van der Waals surface area contributed by atoms with Crippen LogP contribution in [0.25, 0.3) is 0 Å². The summed E-state index contributed by atoms with van der Waals surface area (Å²) in [5, 5.41) is 11.0. The summed E-state index contributed by atoms with van der Waals surface area (Å²) in [6.45, 7) is 2.41. The molecule has 0 aromatic carbocycles. The van der Waals surface area contributed by atoms with Gasteiger partial charge in [-0.3, -0.25) is 4.79 Å². The standard InChI is InChI=1S/C10H17NO5/c1-10(3-2-4-16-10)7-11-8(12)5-15-6-9(13)14/h2-7H2,1H3,(H,11,12)(H,13,14). The average molecular weight is 231 g/mol. The molecule has 1 heterocycles. The second kappa shape index (κ2) is 5.81. The molecule has 6 heteroatoms. The Morgan fingerprint density at radius 2 is 2.25 bits per heavy atom. The predicted octanol–water partition coefficient (Wildman–Crippen LogP) is -0.227. The van der Waals surface area contributed by atoms with Crippen LogP contribution in [0.5, 0.6) is 0 Å². The van der Waals surface area contributed by atoms with Crippen molar-refractivity contribution in [2.75, 3.05) is 26.4 Å². The van der Waals surface area contributed by atoms with Crippen molar-refractivity contribution in [3.05, 3.63) is 0 Å². The van der Waals surface area contributed by atoms with Gasteiger partial charge in [0.25, 0.3) is 0 Å². The van der Waals surface area contributed by atoms with E-state index >= 15 is 0 Å². The highest BCUT2D eigenvalue weighted by Gasteiger charge is 2.29. The summed E-state index contributed by atoms with van der Waals surface area (Å²) in [7, 11) is 0. The maximum atomic E-state index is 11.2. The summed E-state index contributed by atoms with van der Waals surface area (Å²) in [6.07, 6.45) is 1.92. The molecule has 1 aliphatic rings. The zero-order chi connectivity index (χ0) is 12.0. The van der Waals surface area contributed by atoms with Gasteiger partial charge in [0.05, 0.1) is 5.60 Å². The summed E-state index contributed by atoms with van der Waals surface area (Å²) < 4.78 is 10.1. The largest absolute Gasteiger partial charge is 0.480 e. The number of carbonyl (C=O) groups excluding carboxylic acids is 1. The van der Waals surface area contributed by atoms with Crippen LogP contribution in [0.2, 0.25) is 0 Å². The minimum atomic E-state index is -1.08. The van der Waals surface area contributed by atoms with E-state index < -0.39 is 12.6 Å². The van der Waals surface area contributed by atoms with E-state index in [1.54, 1.807) is 0 Å². The number of hydrogen-bond donors (Lipinski definition) is 2. The monoisotopic (exact) mass is 231 g/mol. The van der Waals surface area contributed by atoms with E-state index in [2.05, 4.69) is 10.1 Å². The van der Waals surface area contributed by atoms with Crippen molar-refractivity contribution in [2.45, 2.75) is 25.4 Å². The first-order chi connectivity index (χ1) is 7.52. The van der Waals surface area contributed by atoms with E-state index in [1.165, 1.54) is 0 Å². The highest BCUT2D eigenvalue weighted by molar-refractivity contribution is 5.77. The van der Waals surface area contributed by atoms with E-state index in [0.717, 1.165) is 19.4 Å². The molecule has 0 spiro atoms. The third-order valence-electron chi connectivity index (χ3n) is 2.42. The smallest absolute Gasteiger partial charge is 0.329 e. The zero-order valence-corrected chi connectivity index (χ0v) is 9.32. The molecule has 2 N–H and O–H groups in total. The van der Waals surface area contributed by atoms with Crippen molar-refractivity contribution >= 4 is 11.9 Å². The summed E-state index contributed by atoms with van der Waals surface area (Å²) in [4.78, 5) is 21.4. The summed E-state index contributed by atoms with van der Waals surface area (Å²) in [5.74, 6) is -1.41. The molecular formula is C10H17NO5. The number of hydrogen-bond acceptors (Lipinski definition) is 4. The fourth-order valence-corrected chi connectivity index (χ4v) is 1.54. The SMILES string of the molecule is CC1(CNC(=O)COCC(=O)O)CCCO1. The second-order valence-electron chi connectivity index (χ2n) is 4.07. The van der Waals surface area contributed by atoms with Gasteiger partial charge >= 0.3 is 5.97 Å². The normalized spacial score (nSPS) is 24.3. The first-order valence-electron chi connectivity index (χ1n) is 5.22. The number of carboxylic acid groups (broad SMARTS) is 1. The van der Waals surface area contributed by atoms with Gasteiger partial charge in [-0.1, -0.05) is 0 Å². The Labute approximate surface area is 93.9 Å². The molecule has 92 valence electrons. The quantitative estimate of drug-likeness (QED) is 0.659. The number of carbonyl (C=O) groups is 2. The van der Waals surface area contributed by atoms with E-state index in [4.69, 9.17) is 9.84 Å². The molecule has 0 saturated carbocycles. The van der Waals surface area contributed by atoms with Crippen LogP contribution < -0.4 is 5.32 Å². The van der Waals surface area contributed by atoms with Gasteiger partial charge in [-0.05, 0) is 19.8 Å². The molecule has 0 aliphatic carbocycles. The molecule has 1 rings (SSSR count). The molecular weight excluding hydrogens is 214 g/mol. The van der Waals surface area contributed by atoms with Gasteiger partial charge in [-0.15, -0.1) is 0 Å². The van der Waals surface area contributed by atoms with Crippen LogP contribution >= 0.6 is 0 Å². The summed E-state index contributed by atoms with van der Waals surface area (Å²) in [5.41, 5.74) is -0.289. The zero-order valence-electron chi connectivity index (χ0n) is 9.32. The van der Waals surface area contributed by atoms with Crippen LogP contribution in [0.1, 0.15) is 19.8 Å². The molecule has 1 saturated heterocycles. The number of aliphatic carboxylic acids is 1. The Morgan fingerprint density at radius 1 is 1.50 bits per heavy atom. The molecule has 0 bridgehead atoms. The molecule has 6 nitrogen and oxygen atoms in total. The van der Waals surface area contributed by atoms with Gasteiger partial charge in [0.2, 0.25) is 5.91 Å². The summed E-state index contributed by atoms with van der Waals surface area (Å²) >= 11 is 0. The van der Waals surface area contributed by atoms with Crippen LogP contribution in [0, 0.1) is 0 Å². The maximum Gasteiger partial charge on any atom is 0.329 e. The Morgan fingerprint density at radius 3 is 2.81 bits per heavy atom. The number of ether oxygens (including phenoxy) is 2. The minimum Gasteiger partial charge on any atom is -0.480 e. The Hall–Kier alpha value is -1.14. The lowest BCUT2D eigenvalue weighted by molar-refractivity contribution is -0.143. The van der Waals surface area contributed by atoms with Gasteiger partial charge in [0, 0.05) is 13.2 Å². The minimum absolute atomic E-state index is 0.234. The number of rotatable bonds is 6. The average Bonchev–Trinajstić information content (AvgIpc) is 2.62. The van der Waals surface area contributed by atoms with Gasteiger partial charge in [-0.25, -0.2) is 4.79 Å². The van der Waals surface area contributed by atoms with Gasteiger partial charge in [0.1, 0.15) is 13.2 Å². The number of amides is 1. The first-order valence-corrected chi connectivity index (χ1v) is 5.22. The lowest BCUT2D eigenvalue weighted by atomic mass is 10.0. The van der Waals surface area contributed by atoms with E-state index in [1.807, 2.05) is 6.92 Å². The van der Waals surface area contributed by atoms with Crippen LogP contribution in [-0.4, -0.2) is 48.9 Å². The number of carboxylic acids is 1. The Kier molecular flexibility index (Phi) is 4.70. The van der Waals surface area contributed by atoms with Gasteiger partial charge < -0.3 is 19.9 Å². The van der Waals surface area contributed by atoms with Crippen molar-refractivity contribution in [1.82, 2.24) is 5.32 Å². The Bertz CT molecular complexity index is 260. The van der Waals surface area contributed by atoms with Crippen molar-refractivity contribution in [3.63, 3.8) is 0 Å². The molecule has 1 aliphatic heterocycles. The lowest BCUT2D eigenvalue weighted by Crippen LogP contribution is -2.41. The molecule has 0 aromatic heterocycles. The maximum absolute atomic E-state index is 11.2. The van der Waals surface area contributed by atoms with Crippen molar-refractivity contribution < 1.29 is 24.2 Å². The molecule has 1 unspecified atom stereocenters. The number of nitrogens with one attached hydrogen (secondary N) is 1. The molecule has 1 atom stereocenters. The van der Waals surface area contributed by atoms with Crippen LogP contribution in [0.3, 0.4) is 0 Å². The summed E-state index contributed by atoms with van der Waals surface area (Å²) in [6, 6.07) is 0. The second-order valence-corrected chi connectivity index (χ2v) is 4.07. The fraction of sp³-hybridized carbons (Fsp3) is 0.800. The third kappa shape index (κ3) is 4.59. The highest BCUT2D eigenvalue weighted by Crippen LogP contribution is 2.23. The Balaban J connectivity index is 2.12. The molecule has 0 aromatic rings. The third-order valence-corrected chi connectivity index (χ3v) is 2.42. The molecule has 16 heavy (non-hydrogen) atoms. The van der Waals surface area contributed by atoms with Crippen LogP contribution in [-0.2, 0) is 19.1 Å². The lowest BCUT2D eigenvalue weighted by Gasteiger charge is -2.23. The van der Waals surface area contributed by atoms with Crippen LogP contribution in [0.15, 0.2) is 0 Å². The molecule has 1 amide bonds. The molecule has 0 radical (unpaired) electrons. The first kappa shape index (κ1) is 12.9. The van der Waals surface area contributed by atoms with Crippen molar-refractivity contribution in [3.8, 4) is 0 Å². The van der Waals surface area contributed by atoms with Crippen molar-refractivity contribution in [2.24, 2.45) is 0 Å².